The molecule has 0 aromatic carbocycles. The lowest BCUT2D eigenvalue weighted by Crippen LogP contribution is -2.18. The van der Waals surface area contributed by atoms with E-state index in [2.05, 4.69) is 10.3 Å². The van der Waals surface area contributed by atoms with Crippen LogP contribution in [0.25, 0.3) is 0 Å². The highest BCUT2D eigenvalue weighted by Gasteiger charge is 2.10. The Kier molecular flexibility index (Phi) is 3.55. The molecule has 0 fully saturated rings. The van der Waals surface area contributed by atoms with E-state index in [1.807, 2.05) is 27.0 Å². The van der Waals surface area contributed by atoms with Crippen molar-refractivity contribution in [1.29, 1.82) is 0 Å². The van der Waals surface area contributed by atoms with Gasteiger partial charge in [0.15, 0.2) is 5.75 Å². The second kappa shape index (κ2) is 4.70. The van der Waals surface area contributed by atoms with Gasteiger partial charge in [-0.05, 0) is 12.5 Å². The van der Waals surface area contributed by atoms with Gasteiger partial charge in [-0.1, -0.05) is 13.8 Å². The summed E-state index contributed by atoms with van der Waals surface area (Å²) in [6.45, 7) is 7.64. The van der Waals surface area contributed by atoms with Crippen LogP contribution in [0.15, 0.2) is 12.4 Å². The third-order valence-electron chi connectivity index (χ3n) is 1.76. The summed E-state index contributed by atoms with van der Waals surface area (Å²) in [6, 6.07) is 0. The lowest BCUT2D eigenvalue weighted by molar-refractivity contribution is 0.321. The molecule has 0 spiro atoms. The molecule has 3 heteroatoms. The van der Waals surface area contributed by atoms with E-state index in [-0.39, 0.29) is 0 Å². The van der Waals surface area contributed by atoms with E-state index in [1.54, 1.807) is 6.20 Å². The number of fused-ring (bicyclic) bond motifs is 1. The minimum Gasteiger partial charge on any atom is -0.488 e. The summed E-state index contributed by atoms with van der Waals surface area (Å²) >= 11 is 0. The first kappa shape index (κ1) is 9.84. The molecule has 1 aromatic heterocycles. The lowest BCUT2D eigenvalue weighted by Gasteiger charge is -2.19. The molecule has 1 aliphatic heterocycles. The van der Waals surface area contributed by atoms with Gasteiger partial charge in [-0.25, -0.2) is 0 Å². The van der Waals surface area contributed by atoms with E-state index in [0.29, 0.717) is 0 Å². The number of aromatic nitrogens is 1. The minimum absolute atomic E-state index is 0.734. The first-order chi connectivity index (χ1) is 6.38. The lowest BCUT2D eigenvalue weighted by atomic mass is 10.2. The Balaban J connectivity index is 0.000000396. The molecule has 0 saturated carbocycles. The van der Waals surface area contributed by atoms with Crippen LogP contribution in [-0.2, 0) is 0 Å². The monoisotopic (exact) mass is 180 g/mol. The number of rotatable bonds is 0. The molecule has 2 heterocycles. The molecule has 2 rings (SSSR count). The van der Waals surface area contributed by atoms with Crippen molar-refractivity contribution in [1.82, 2.24) is 4.98 Å². The third kappa shape index (κ3) is 2.11. The minimum atomic E-state index is 0.734. The Hall–Kier alpha value is -1.25. The average Bonchev–Trinajstić information content (AvgIpc) is 2.22. The molecule has 13 heavy (non-hydrogen) atoms. The molecular formula is C10H16N2O. The molecule has 0 radical (unpaired) electrons. The van der Waals surface area contributed by atoms with Gasteiger partial charge in [-0.3, -0.25) is 4.98 Å². The standard InChI is InChI=1S/C8H10N2O.C2H6/c1-6-4-9-5-7-8(6)10-2-3-11-7;1-2/h4-5,10H,2-3H2,1H3;1-2H3. The SMILES string of the molecule is CC.Cc1cncc2c1NCCO2. The largest absolute Gasteiger partial charge is 0.488 e. The van der Waals surface area contributed by atoms with Gasteiger partial charge in [0.25, 0.3) is 0 Å². The summed E-state index contributed by atoms with van der Waals surface area (Å²) in [5.41, 5.74) is 2.23. The van der Waals surface area contributed by atoms with Gasteiger partial charge in [0.1, 0.15) is 6.61 Å². The summed E-state index contributed by atoms with van der Waals surface area (Å²) in [5.74, 6) is 0.872. The van der Waals surface area contributed by atoms with Crippen LogP contribution in [0.5, 0.6) is 5.75 Å². The van der Waals surface area contributed by atoms with Crippen LogP contribution in [0, 0.1) is 6.92 Å². The number of aryl methyl sites for hydroxylation is 1. The molecule has 0 saturated heterocycles. The normalized spacial score (nSPS) is 12.8. The summed E-state index contributed by atoms with van der Waals surface area (Å²) in [4.78, 5) is 4.03. The Morgan fingerprint density at radius 1 is 1.38 bits per heavy atom. The van der Waals surface area contributed by atoms with Gasteiger partial charge in [0.2, 0.25) is 0 Å². The van der Waals surface area contributed by atoms with Crippen LogP contribution in [0.4, 0.5) is 5.69 Å². The Bertz CT molecular complexity index is 274. The molecule has 3 nitrogen and oxygen atoms in total. The van der Waals surface area contributed by atoms with E-state index in [9.17, 15) is 0 Å². The molecule has 0 amide bonds. The highest BCUT2D eigenvalue weighted by molar-refractivity contribution is 5.61. The fourth-order valence-electron chi connectivity index (χ4n) is 1.21. The molecule has 1 N–H and O–H groups in total. The highest BCUT2D eigenvalue weighted by atomic mass is 16.5. The van der Waals surface area contributed by atoms with Gasteiger partial charge in [0, 0.05) is 12.7 Å². The van der Waals surface area contributed by atoms with Gasteiger partial charge in [0.05, 0.1) is 11.9 Å². The average molecular weight is 180 g/mol. The van der Waals surface area contributed by atoms with Crippen LogP contribution in [-0.4, -0.2) is 18.1 Å². The first-order valence-corrected chi connectivity index (χ1v) is 4.69. The van der Waals surface area contributed by atoms with E-state index in [4.69, 9.17) is 4.74 Å². The maximum atomic E-state index is 5.38. The highest BCUT2D eigenvalue weighted by Crippen LogP contribution is 2.28. The van der Waals surface area contributed by atoms with Crippen LogP contribution >= 0.6 is 0 Å². The zero-order valence-corrected chi connectivity index (χ0v) is 8.42. The Morgan fingerprint density at radius 3 is 2.85 bits per heavy atom. The molecule has 1 aromatic rings. The quantitative estimate of drug-likeness (QED) is 0.664. The summed E-state index contributed by atoms with van der Waals surface area (Å²) < 4.78 is 5.38. The topological polar surface area (TPSA) is 34.2 Å². The molecule has 0 atom stereocenters. The Labute approximate surface area is 79.1 Å². The van der Waals surface area contributed by atoms with Gasteiger partial charge in [-0.2, -0.15) is 0 Å². The summed E-state index contributed by atoms with van der Waals surface area (Å²) in [5, 5.41) is 3.27. The van der Waals surface area contributed by atoms with Crippen LogP contribution < -0.4 is 10.1 Å². The second-order valence-corrected chi connectivity index (χ2v) is 2.60. The second-order valence-electron chi connectivity index (χ2n) is 2.60. The molecular weight excluding hydrogens is 164 g/mol. The fraction of sp³-hybridized carbons (Fsp3) is 0.500. The molecule has 0 aliphatic carbocycles. The van der Waals surface area contributed by atoms with Crippen molar-refractivity contribution in [3.8, 4) is 5.75 Å². The molecule has 0 bridgehead atoms. The predicted molar refractivity (Wildman–Crippen MR) is 54.3 cm³/mol. The van der Waals surface area contributed by atoms with Gasteiger partial charge in [-0.15, -0.1) is 0 Å². The van der Waals surface area contributed by atoms with E-state index in [0.717, 1.165) is 30.2 Å². The number of ether oxygens (including phenoxy) is 1. The van der Waals surface area contributed by atoms with Crippen molar-refractivity contribution < 1.29 is 4.74 Å². The zero-order chi connectivity index (χ0) is 9.68. The number of nitrogens with one attached hydrogen (secondary N) is 1. The van der Waals surface area contributed by atoms with Crippen molar-refractivity contribution in [2.24, 2.45) is 0 Å². The Morgan fingerprint density at radius 2 is 2.15 bits per heavy atom. The summed E-state index contributed by atoms with van der Waals surface area (Å²) in [7, 11) is 0. The van der Waals surface area contributed by atoms with E-state index < -0.39 is 0 Å². The van der Waals surface area contributed by atoms with Crippen LogP contribution in [0.3, 0.4) is 0 Å². The molecule has 72 valence electrons. The predicted octanol–water partition coefficient (Wildman–Crippen LogP) is 2.22. The fourth-order valence-corrected chi connectivity index (χ4v) is 1.21. The number of nitrogens with zero attached hydrogens (tertiary/aromatic N) is 1. The number of anilines is 1. The molecule has 1 aliphatic rings. The van der Waals surface area contributed by atoms with Crippen molar-refractivity contribution >= 4 is 5.69 Å². The van der Waals surface area contributed by atoms with Gasteiger partial charge < -0.3 is 10.1 Å². The van der Waals surface area contributed by atoms with Gasteiger partial charge >= 0.3 is 0 Å². The molecule has 0 unspecified atom stereocenters. The third-order valence-corrected chi connectivity index (χ3v) is 1.76. The number of pyridine rings is 1. The zero-order valence-electron chi connectivity index (χ0n) is 8.42. The smallest absolute Gasteiger partial charge is 0.161 e. The maximum Gasteiger partial charge on any atom is 0.161 e. The van der Waals surface area contributed by atoms with Crippen LogP contribution in [0.1, 0.15) is 19.4 Å². The first-order valence-electron chi connectivity index (χ1n) is 4.69. The van der Waals surface area contributed by atoms with Crippen molar-refractivity contribution in [2.45, 2.75) is 20.8 Å². The van der Waals surface area contributed by atoms with Crippen molar-refractivity contribution in [3.05, 3.63) is 18.0 Å². The maximum absolute atomic E-state index is 5.38. The number of hydrogen-bond acceptors (Lipinski definition) is 3. The van der Waals surface area contributed by atoms with Crippen molar-refractivity contribution in [2.75, 3.05) is 18.5 Å². The van der Waals surface area contributed by atoms with Crippen LogP contribution in [0.2, 0.25) is 0 Å². The number of hydrogen-bond donors (Lipinski definition) is 1. The van der Waals surface area contributed by atoms with E-state index >= 15 is 0 Å². The summed E-state index contributed by atoms with van der Waals surface area (Å²) in [6.07, 6.45) is 3.58. The van der Waals surface area contributed by atoms with E-state index in [1.165, 1.54) is 0 Å². The van der Waals surface area contributed by atoms with Crippen molar-refractivity contribution in [3.63, 3.8) is 0 Å².